The molecule has 0 fully saturated rings. The Labute approximate surface area is 127 Å². The Hall–Kier alpha value is -2.81. The number of halogens is 1. The average Bonchev–Trinajstić information content (AvgIpc) is 2.47. The monoisotopic (exact) mass is 301 g/mol. The van der Waals surface area contributed by atoms with E-state index in [4.69, 9.17) is 10.5 Å². The van der Waals surface area contributed by atoms with Crippen molar-refractivity contribution < 1.29 is 13.9 Å². The lowest BCUT2D eigenvalue weighted by atomic mass is 9.81. The normalized spacial score (nSPS) is 17.8. The van der Waals surface area contributed by atoms with E-state index in [1.54, 1.807) is 26.0 Å². The average molecular weight is 301 g/mol. The minimum atomic E-state index is -0.883. The van der Waals surface area contributed by atoms with Crippen LogP contribution in [0.4, 0.5) is 4.39 Å². The highest BCUT2D eigenvalue weighted by molar-refractivity contribution is 5.93. The van der Waals surface area contributed by atoms with Gasteiger partial charge in [-0.25, -0.2) is 9.18 Å². The Morgan fingerprint density at radius 2 is 2.18 bits per heavy atom. The summed E-state index contributed by atoms with van der Waals surface area (Å²) in [6, 6.07) is 7.95. The number of nitriles is 1. The van der Waals surface area contributed by atoms with E-state index in [-0.39, 0.29) is 29.1 Å². The van der Waals surface area contributed by atoms with Crippen molar-refractivity contribution in [3.8, 4) is 6.07 Å². The highest BCUT2D eigenvalue weighted by atomic mass is 19.1. The number of carbonyl (C=O) groups excluding carboxylic acids is 1. The lowest BCUT2D eigenvalue weighted by Crippen LogP contribution is -2.33. The van der Waals surface area contributed by atoms with Gasteiger partial charge in [0.2, 0.25) is 0 Å². The minimum absolute atomic E-state index is 0.0961. The highest BCUT2D eigenvalue weighted by Gasteiger charge is 2.35. The second kappa shape index (κ2) is 6.31. The fourth-order valence-electron chi connectivity index (χ4n) is 2.48. The van der Waals surface area contributed by atoms with Crippen LogP contribution in [-0.2, 0) is 9.53 Å². The van der Waals surface area contributed by atoms with E-state index < -0.39 is 17.7 Å². The van der Waals surface area contributed by atoms with Crippen LogP contribution in [0.1, 0.15) is 25.3 Å². The molecule has 1 aliphatic heterocycles. The fourth-order valence-corrected chi connectivity index (χ4v) is 2.48. The maximum Gasteiger partial charge on any atom is 0.336 e. The van der Waals surface area contributed by atoms with Crippen LogP contribution in [0.3, 0.4) is 0 Å². The molecule has 1 atom stereocenters. The summed E-state index contributed by atoms with van der Waals surface area (Å²) < 4.78 is 19.2. The quantitative estimate of drug-likeness (QED) is 0.834. The third kappa shape index (κ3) is 2.66. The van der Waals surface area contributed by atoms with E-state index in [9.17, 15) is 14.4 Å². The molecule has 0 radical (unpaired) electrons. The van der Waals surface area contributed by atoms with Crippen LogP contribution in [0.25, 0.3) is 0 Å². The molecule has 1 aromatic carbocycles. The molecule has 0 saturated carbocycles. The van der Waals surface area contributed by atoms with Gasteiger partial charge in [-0.1, -0.05) is 18.2 Å². The van der Waals surface area contributed by atoms with Gasteiger partial charge in [0.1, 0.15) is 11.6 Å². The summed E-state index contributed by atoms with van der Waals surface area (Å²) in [4.78, 5) is 12.3. The zero-order chi connectivity index (χ0) is 16.3. The number of allylic oxidation sites excluding steroid dienone is 2. The standard InChI is InChI=1S/C16H16FN3O2/c1-3-22-16(21)13-9(2)20-15(19)11(8-18)14(13)10-6-4-5-7-12(10)17/h4-7,14,20H,3,19H2,1-2H3. The van der Waals surface area contributed by atoms with Gasteiger partial charge in [0, 0.05) is 11.3 Å². The molecule has 0 saturated heterocycles. The summed E-state index contributed by atoms with van der Waals surface area (Å²) in [6.45, 7) is 3.50. The van der Waals surface area contributed by atoms with E-state index in [1.165, 1.54) is 12.1 Å². The molecule has 0 spiro atoms. The Bertz CT molecular complexity index is 716. The first kappa shape index (κ1) is 15.6. The number of dihydropyridines is 1. The third-order valence-corrected chi connectivity index (χ3v) is 3.43. The first-order valence-electron chi connectivity index (χ1n) is 6.80. The fraction of sp³-hybridized carbons (Fsp3) is 0.250. The number of carbonyl (C=O) groups is 1. The van der Waals surface area contributed by atoms with Gasteiger partial charge in [0.15, 0.2) is 0 Å². The summed E-state index contributed by atoms with van der Waals surface area (Å²) in [5, 5.41) is 12.2. The van der Waals surface area contributed by atoms with Crippen LogP contribution >= 0.6 is 0 Å². The number of nitrogens with two attached hydrogens (primary N) is 1. The Morgan fingerprint density at radius 3 is 2.77 bits per heavy atom. The molecule has 0 aliphatic carbocycles. The van der Waals surface area contributed by atoms with Gasteiger partial charge in [-0.3, -0.25) is 0 Å². The number of nitrogens with one attached hydrogen (secondary N) is 1. The topological polar surface area (TPSA) is 88.1 Å². The molecular formula is C16H16FN3O2. The molecule has 1 aromatic rings. The van der Waals surface area contributed by atoms with E-state index in [0.717, 1.165) is 0 Å². The number of benzene rings is 1. The number of esters is 1. The summed E-state index contributed by atoms with van der Waals surface area (Å²) in [6.07, 6.45) is 0. The van der Waals surface area contributed by atoms with Crippen LogP contribution in [0.5, 0.6) is 0 Å². The molecule has 114 valence electrons. The van der Waals surface area contributed by atoms with Crippen molar-refractivity contribution in [2.45, 2.75) is 19.8 Å². The zero-order valence-electron chi connectivity index (χ0n) is 12.3. The molecule has 1 heterocycles. The summed E-state index contributed by atoms with van der Waals surface area (Å²) in [5.41, 5.74) is 6.78. The minimum Gasteiger partial charge on any atom is -0.463 e. The zero-order valence-corrected chi connectivity index (χ0v) is 12.3. The maximum absolute atomic E-state index is 14.2. The van der Waals surface area contributed by atoms with Crippen LogP contribution in [0.15, 0.2) is 46.9 Å². The Morgan fingerprint density at radius 1 is 1.50 bits per heavy atom. The van der Waals surface area contributed by atoms with Gasteiger partial charge in [0.05, 0.1) is 29.7 Å². The van der Waals surface area contributed by atoms with Crippen LogP contribution < -0.4 is 11.1 Å². The molecule has 0 amide bonds. The Balaban J connectivity index is 2.65. The number of nitrogens with zero attached hydrogens (tertiary/aromatic N) is 1. The van der Waals surface area contributed by atoms with Gasteiger partial charge in [-0.05, 0) is 19.9 Å². The molecule has 6 heteroatoms. The second-order valence-corrected chi connectivity index (χ2v) is 4.78. The molecule has 0 aromatic heterocycles. The number of hydrogen-bond acceptors (Lipinski definition) is 5. The van der Waals surface area contributed by atoms with Crippen LogP contribution in [-0.4, -0.2) is 12.6 Å². The van der Waals surface area contributed by atoms with Gasteiger partial charge < -0.3 is 15.8 Å². The molecule has 0 bridgehead atoms. The molecule has 22 heavy (non-hydrogen) atoms. The summed E-state index contributed by atoms with van der Waals surface area (Å²) in [5.74, 6) is -1.88. The predicted octanol–water partition coefficient (Wildman–Crippen LogP) is 2.04. The van der Waals surface area contributed by atoms with Crippen molar-refractivity contribution >= 4 is 5.97 Å². The molecule has 3 N–H and O–H groups in total. The number of rotatable bonds is 3. The Kier molecular flexibility index (Phi) is 4.47. The molecule has 1 aliphatic rings. The van der Waals surface area contributed by atoms with E-state index in [1.807, 2.05) is 6.07 Å². The van der Waals surface area contributed by atoms with Crippen molar-refractivity contribution in [1.29, 1.82) is 5.26 Å². The van der Waals surface area contributed by atoms with Crippen molar-refractivity contribution in [2.24, 2.45) is 5.73 Å². The third-order valence-electron chi connectivity index (χ3n) is 3.43. The summed E-state index contributed by atoms with van der Waals surface area (Å²) in [7, 11) is 0. The molecular weight excluding hydrogens is 285 g/mol. The predicted molar refractivity (Wildman–Crippen MR) is 78.4 cm³/mol. The molecule has 1 unspecified atom stereocenters. The number of ether oxygens (including phenoxy) is 1. The van der Waals surface area contributed by atoms with Gasteiger partial charge in [-0.2, -0.15) is 5.26 Å². The molecule has 5 nitrogen and oxygen atoms in total. The van der Waals surface area contributed by atoms with Crippen molar-refractivity contribution in [3.05, 3.63) is 58.3 Å². The van der Waals surface area contributed by atoms with Crippen molar-refractivity contribution in [1.82, 2.24) is 5.32 Å². The summed E-state index contributed by atoms with van der Waals surface area (Å²) >= 11 is 0. The largest absolute Gasteiger partial charge is 0.463 e. The lowest BCUT2D eigenvalue weighted by Gasteiger charge is -2.28. The van der Waals surface area contributed by atoms with Gasteiger partial charge in [-0.15, -0.1) is 0 Å². The maximum atomic E-state index is 14.2. The van der Waals surface area contributed by atoms with Crippen molar-refractivity contribution in [2.75, 3.05) is 6.61 Å². The van der Waals surface area contributed by atoms with Crippen molar-refractivity contribution in [3.63, 3.8) is 0 Å². The SMILES string of the molecule is CCOC(=O)C1=C(C)NC(N)=C(C#N)C1c1ccccc1F. The lowest BCUT2D eigenvalue weighted by molar-refractivity contribution is -0.138. The smallest absolute Gasteiger partial charge is 0.336 e. The van der Waals surface area contributed by atoms with Gasteiger partial charge in [0.25, 0.3) is 0 Å². The first-order valence-corrected chi connectivity index (χ1v) is 6.80. The first-order chi connectivity index (χ1) is 10.5. The van der Waals surface area contributed by atoms with Crippen LogP contribution in [0, 0.1) is 17.1 Å². The van der Waals surface area contributed by atoms with E-state index in [2.05, 4.69) is 5.32 Å². The number of hydrogen-bond donors (Lipinski definition) is 2. The van der Waals surface area contributed by atoms with Gasteiger partial charge >= 0.3 is 5.97 Å². The molecule has 2 rings (SSSR count). The van der Waals surface area contributed by atoms with E-state index >= 15 is 0 Å². The van der Waals surface area contributed by atoms with E-state index in [0.29, 0.717) is 5.70 Å². The highest BCUT2D eigenvalue weighted by Crippen LogP contribution is 2.38. The van der Waals surface area contributed by atoms with Crippen LogP contribution in [0.2, 0.25) is 0 Å². The second-order valence-electron chi connectivity index (χ2n) is 4.78.